The summed E-state index contributed by atoms with van der Waals surface area (Å²) in [4.78, 5) is 28.5. The van der Waals surface area contributed by atoms with Crippen molar-refractivity contribution in [1.29, 1.82) is 0 Å². The SMILES string of the molecule is CC1CN(c2nc(-c3ccc(OC(C)C)nc3)ccc2C(=O)NS(=O)(=O)c2cccc(N)n2)CC(C)(C)C1. The molecule has 4 rings (SSSR count). The number of hydrogen-bond acceptors (Lipinski definition) is 9. The zero-order valence-electron chi connectivity index (χ0n) is 22.3. The number of carbonyl (C=O) groups is 1. The van der Waals surface area contributed by atoms with E-state index in [1.807, 2.05) is 19.9 Å². The number of nitrogens with zero attached hydrogens (tertiary/aromatic N) is 4. The van der Waals surface area contributed by atoms with Crippen molar-refractivity contribution in [2.75, 3.05) is 23.7 Å². The Morgan fingerprint density at radius 2 is 1.92 bits per heavy atom. The first-order valence-corrected chi connectivity index (χ1v) is 14.0. The van der Waals surface area contributed by atoms with Crippen LogP contribution >= 0.6 is 0 Å². The van der Waals surface area contributed by atoms with Gasteiger partial charge in [0.15, 0.2) is 5.03 Å². The van der Waals surface area contributed by atoms with Gasteiger partial charge in [0.1, 0.15) is 11.6 Å². The molecule has 10 nitrogen and oxygen atoms in total. The van der Waals surface area contributed by atoms with E-state index in [0.29, 0.717) is 36.4 Å². The molecule has 0 bridgehead atoms. The number of hydrogen-bond donors (Lipinski definition) is 2. The lowest BCUT2D eigenvalue weighted by Crippen LogP contribution is -2.45. The number of pyridine rings is 3. The van der Waals surface area contributed by atoms with Gasteiger partial charge >= 0.3 is 0 Å². The third-order valence-corrected chi connectivity index (χ3v) is 7.34. The second-order valence-electron chi connectivity index (χ2n) is 10.8. The average molecular weight is 539 g/mol. The lowest BCUT2D eigenvalue weighted by atomic mass is 9.79. The molecule has 1 atom stereocenters. The maximum Gasteiger partial charge on any atom is 0.281 e. The van der Waals surface area contributed by atoms with Gasteiger partial charge in [-0.2, -0.15) is 8.42 Å². The van der Waals surface area contributed by atoms with Crippen molar-refractivity contribution in [2.45, 2.75) is 52.2 Å². The number of aromatic nitrogens is 3. The minimum absolute atomic E-state index is 0.000810. The van der Waals surface area contributed by atoms with Gasteiger partial charge in [0, 0.05) is 30.9 Å². The van der Waals surface area contributed by atoms with Crippen LogP contribution in [-0.4, -0.2) is 48.5 Å². The molecule has 0 radical (unpaired) electrons. The van der Waals surface area contributed by atoms with Crippen LogP contribution in [0.25, 0.3) is 11.3 Å². The van der Waals surface area contributed by atoms with Gasteiger partial charge in [-0.05, 0) is 61.9 Å². The number of nitrogen functional groups attached to an aromatic ring is 1. The Kier molecular flexibility index (Phi) is 7.59. The minimum Gasteiger partial charge on any atom is -0.475 e. The molecule has 1 saturated heterocycles. The average Bonchev–Trinajstić information content (AvgIpc) is 2.82. The summed E-state index contributed by atoms with van der Waals surface area (Å²) in [6, 6.07) is 11.1. The topological polar surface area (TPSA) is 140 Å². The van der Waals surface area contributed by atoms with Crippen LogP contribution < -0.4 is 20.1 Å². The zero-order valence-corrected chi connectivity index (χ0v) is 23.1. The van der Waals surface area contributed by atoms with Crippen molar-refractivity contribution in [3.8, 4) is 17.1 Å². The molecule has 202 valence electrons. The Balaban J connectivity index is 1.72. The summed E-state index contributed by atoms with van der Waals surface area (Å²) < 4.78 is 33.6. The van der Waals surface area contributed by atoms with Crippen LogP contribution in [0.2, 0.25) is 0 Å². The van der Waals surface area contributed by atoms with E-state index in [-0.39, 0.29) is 27.9 Å². The van der Waals surface area contributed by atoms with Gasteiger partial charge in [0.05, 0.1) is 17.4 Å². The molecule has 1 amide bonds. The molecule has 0 aromatic carbocycles. The summed E-state index contributed by atoms with van der Waals surface area (Å²) in [5.41, 5.74) is 7.13. The van der Waals surface area contributed by atoms with Crippen LogP contribution in [0, 0.1) is 11.3 Å². The number of nitrogens with two attached hydrogens (primary N) is 1. The number of anilines is 2. The van der Waals surface area contributed by atoms with Crippen LogP contribution in [-0.2, 0) is 10.0 Å². The van der Waals surface area contributed by atoms with E-state index in [9.17, 15) is 13.2 Å². The Bertz CT molecular complexity index is 1420. The fraction of sp³-hybridized carbons (Fsp3) is 0.407. The van der Waals surface area contributed by atoms with Crippen molar-refractivity contribution in [1.82, 2.24) is 19.7 Å². The molecule has 1 fully saturated rings. The second-order valence-corrected chi connectivity index (χ2v) is 12.4. The van der Waals surface area contributed by atoms with E-state index in [2.05, 4.69) is 40.4 Å². The quantitative estimate of drug-likeness (QED) is 0.458. The Morgan fingerprint density at radius 3 is 2.55 bits per heavy atom. The highest BCUT2D eigenvalue weighted by molar-refractivity contribution is 7.90. The molecule has 3 aromatic rings. The van der Waals surface area contributed by atoms with E-state index in [1.165, 1.54) is 18.2 Å². The largest absolute Gasteiger partial charge is 0.475 e. The minimum atomic E-state index is -4.25. The molecule has 4 heterocycles. The highest BCUT2D eigenvalue weighted by atomic mass is 32.2. The van der Waals surface area contributed by atoms with Crippen molar-refractivity contribution in [3.63, 3.8) is 0 Å². The lowest BCUT2D eigenvalue weighted by molar-refractivity contribution is 0.0981. The van der Waals surface area contributed by atoms with Crippen LogP contribution in [0.4, 0.5) is 11.6 Å². The second kappa shape index (κ2) is 10.6. The molecule has 3 N–H and O–H groups in total. The summed E-state index contributed by atoms with van der Waals surface area (Å²) in [6.07, 6.45) is 2.70. The molecule has 1 aliphatic rings. The fourth-order valence-electron chi connectivity index (χ4n) is 4.87. The molecular weight excluding hydrogens is 504 g/mol. The molecule has 1 unspecified atom stereocenters. The van der Waals surface area contributed by atoms with Gasteiger partial charge in [-0.25, -0.2) is 19.7 Å². The summed E-state index contributed by atoms with van der Waals surface area (Å²) in [7, 11) is -4.25. The number of carbonyl (C=O) groups excluding carboxylic acids is 1. The van der Waals surface area contributed by atoms with Crippen LogP contribution in [0.15, 0.2) is 53.7 Å². The summed E-state index contributed by atoms with van der Waals surface area (Å²) >= 11 is 0. The van der Waals surface area contributed by atoms with E-state index < -0.39 is 15.9 Å². The van der Waals surface area contributed by atoms with Gasteiger partial charge in [0.25, 0.3) is 15.9 Å². The van der Waals surface area contributed by atoms with E-state index in [4.69, 9.17) is 15.5 Å². The zero-order chi connectivity index (χ0) is 27.7. The Morgan fingerprint density at radius 1 is 1.16 bits per heavy atom. The van der Waals surface area contributed by atoms with E-state index >= 15 is 0 Å². The number of rotatable bonds is 7. The highest BCUT2D eigenvalue weighted by Crippen LogP contribution is 2.36. The van der Waals surface area contributed by atoms with Crippen LogP contribution in [0.5, 0.6) is 5.88 Å². The first kappa shape index (κ1) is 27.3. The maximum atomic E-state index is 13.4. The molecule has 3 aromatic heterocycles. The summed E-state index contributed by atoms with van der Waals surface area (Å²) in [6.45, 7) is 11.7. The third-order valence-electron chi connectivity index (χ3n) is 6.11. The number of ether oxygens (including phenoxy) is 1. The van der Waals surface area contributed by atoms with Crippen molar-refractivity contribution in [2.24, 2.45) is 11.3 Å². The lowest BCUT2D eigenvalue weighted by Gasteiger charge is -2.42. The molecule has 38 heavy (non-hydrogen) atoms. The molecule has 1 aliphatic heterocycles. The molecule has 0 aliphatic carbocycles. The van der Waals surface area contributed by atoms with Crippen LogP contribution in [0.3, 0.4) is 0 Å². The normalized spacial score (nSPS) is 17.3. The van der Waals surface area contributed by atoms with Crippen molar-refractivity contribution < 1.29 is 17.9 Å². The smallest absolute Gasteiger partial charge is 0.281 e. The summed E-state index contributed by atoms with van der Waals surface area (Å²) in [5, 5.41) is -0.334. The van der Waals surface area contributed by atoms with Gasteiger partial charge in [0.2, 0.25) is 5.88 Å². The van der Waals surface area contributed by atoms with Crippen LogP contribution in [0.1, 0.15) is 51.4 Å². The molecule has 11 heteroatoms. The molecular formula is C27H34N6O4S. The van der Waals surface area contributed by atoms with Gasteiger partial charge < -0.3 is 15.4 Å². The predicted molar refractivity (Wildman–Crippen MR) is 146 cm³/mol. The predicted octanol–water partition coefficient (Wildman–Crippen LogP) is 3.90. The number of nitrogens with one attached hydrogen (secondary N) is 1. The maximum absolute atomic E-state index is 13.4. The number of sulfonamides is 1. The first-order chi connectivity index (χ1) is 17.8. The Labute approximate surface area is 223 Å². The number of amides is 1. The van der Waals surface area contributed by atoms with Gasteiger partial charge in [-0.3, -0.25) is 4.79 Å². The molecule has 0 saturated carbocycles. The van der Waals surface area contributed by atoms with Gasteiger partial charge in [-0.1, -0.05) is 26.8 Å². The third kappa shape index (κ3) is 6.39. The van der Waals surface area contributed by atoms with E-state index in [0.717, 1.165) is 12.0 Å². The van der Waals surface area contributed by atoms with Crippen molar-refractivity contribution >= 4 is 27.6 Å². The Hall–Kier alpha value is -3.73. The highest BCUT2D eigenvalue weighted by Gasteiger charge is 2.34. The monoisotopic (exact) mass is 538 g/mol. The summed E-state index contributed by atoms with van der Waals surface area (Å²) in [5.74, 6) is 0.521. The van der Waals surface area contributed by atoms with E-state index in [1.54, 1.807) is 24.4 Å². The fourth-order valence-corrected chi connectivity index (χ4v) is 5.81. The first-order valence-electron chi connectivity index (χ1n) is 12.5. The van der Waals surface area contributed by atoms with Gasteiger partial charge in [-0.15, -0.1) is 0 Å². The standard InChI is InChI=1S/C27H34N6O4S/c1-17(2)37-23-12-9-19(14-29-23)21-11-10-20(25(30-21)33-15-18(3)13-27(4,5)16-33)26(34)32-38(35,36)24-8-6-7-22(28)31-24/h6-12,14,17-18H,13,15-16H2,1-5H3,(H2,28,31)(H,32,34). The number of piperidine rings is 1. The van der Waals surface area contributed by atoms with Crippen molar-refractivity contribution in [3.05, 3.63) is 54.2 Å². The molecule has 0 spiro atoms.